The molecule has 0 amide bonds. The van der Waals surface area contributed by atoms with Crippen molar-refractivity contribution in [1.29, 1.82) is 0 Å². The summed E-state index contributed by atoms with van der Waals surface area (Å²) in [7, 11) is 0. The fourth-order valence-electron chi connectivity index (χ4n) is 1.58. The molecule has 1 heterocycles. The number of carbonyl (C=O) groups is 1. The molecule has 0 spiro atoms. The minimum absolute atomic E-state index is 0.207. The van der Waals surface area contributed by atoms with E-state index in [9.17, 15) is 9.18 Å². The highest BCUT2D eigenvalue weighted by Gasteiger charge is 2.35. The van der Waals surface area contributed by atoms with Crippen LogP contribution in [0.5, 0.6) is 0 Å². The highest BCUT2D eigenvalue weighted by molar-refractivity contribution is 5.84. The molecular weight excluding hydrogens is 145 g/mol. The van der Waals surface area contributed by atoms with E-state index in [1.807, 2.05) is 0 Å². The van der Waals surface area contributed by atoms with Gasteiger partial charge in [0.2, 0.25) is 0 Å². The van der Waals surface area contributed by atoms with Crippen LogP contribution < -0.4 is 0 Å². The number of halogens is 1. The summed E-state index contributed by atoms with van der Waals surface area (Å²) >= 11 is 0. The maximum atomic E-state index is 12.8. The Morgan fingerprint density at radius 1 is 1.45 bits per heavy atom. The van der Waals surface area contributed by atoms with Crippen LogP contribution in [-0.4, -0.2) is 36.0 Å². The molecule has 0 bridgehead atoms. The smallest absolute Gasteiger partial charge is 0.171 e. The number of hydrogen-bond donors (Lipinski definition) is 0. The summed E-state index contributed by atoms with van der Waals surface area (Å²) in [5.74, 6) is -0.207. The molecule has 2 nitrogen and oxygen atoms in total. The predicted molar refractivity (Wildman–Crippen MR) is 39.1 cm³/mol. The maximum Gasteiger partial charge on any atom is 0.171 e. The predicted octanol–water partition coefficient (Wildman–Crippen LogP) is 0.762. The lowest BCUT2D eigenvalue weighted by Gasteiger charge is -2.27. The van der Waals surface area contributed by atoms with Gasteiger partial charge in [-0.25, -0.2) is 4.39 Å². The Balaban J connectivity index is 1.91. The number of ketones is 1. The van der Waals surface area contributed by atoms with Crippen molar-refractivity contribution in [2.45, 2.75) is 31.5 Å². The van der Waals surface area contributed by atoms with Gasteiger partial charge in [0.05, 0.1) is 0 Å². The van der Waals surface area contributed by atoms with Crippen LogP contribution in [0.3, 0.4) is 0 Å². The lowest BCUT2D eigenvalue weighted by atomic mass is 10.1. The van der Waals surface area contributed by atoms with E-state index in [4.69, 9.17) is 0 Å². The standard InChI is InChI=1S/C8H12FNO/c9-7-5-10(6-1-2-6)4-3-8(7)11/h6-7H,1-5H2/t7-/m1/s1. The second-order valence-corrected chi connectivity index (χ2v) is 3.41. The van der Waals surface area contributed by atoms with E-state index in [0.29, 0.717) is 19.0 Å². The normalized spacial score (nSPS) is 34.3. The molecule has 1 atom stereocenters. The van der Waals surface area contributed by atoms with Crippen molar-refractivity contribution in [2.24, 2.45) is 0 Å². The third kappa shape index (κ3) is 1.43. The number of nitrogens with zero attached hydrogens (tertiary/aromatic N) is 1. The number of Topliss-reactive ketones (excluding diaryl/α,β-unsaturated/α-hetero) is 1. The molecule has 1 aliphatic heterocycles. The second kappa shape index (κ2) is 2.55. The Bertz CT molecular complexity index is 179. The van der Waals surface area contributed by atoms with E-state index >= 15 is 0 Å². The summed E-state index contributed by atoms with van der Waals surface area (Å²) in [4.78, 5) is 12.9. The number of rotatable bonds is 1. The van der Waals surface area contributed by atoms with Crippen LogP contribution in [0.1, 0.15) is 19.3 Å². The first-order chi connectivity index (χ1) is 5.27. The Hall–Kier alpha value is -0.440. The van der Waals surface area contributed by atoms with E-state index in [1.165, 1.54) is 12.8 Å². The lowest BCUT2D eigenvalue weighted by Crippen LogP contribution is -2.43. The van der Waals surface area contributed by atoms with Gasteiger partial charge in [0.15, 0.2) is 12.0 Å². The van der Waals surface area contributed by atoms with Crippen molar-refractivity contribution >= 4 is 5.78 Å². The van der Waals surface area contributed by atoms with E-state index < -0.39 is 6.17 Å². The number of hydrogen-bond acceptors (Lipinski definition) is 2. The summed E-state index contributed by atoms with van der Waals surface area (Å²) in [6.45, 7) is 1.13. The lowest BCUT2D eigenvalue weighted by molar-refractivity contribution is -0.127. The molecule has 2 rings (SSSR count). The largest absolute Gasteiger partial charge is 0.297 e. The fraction of sp³-hybridized carbons (Fsp3) is 0.875. The summed E-state index contributed by atoms with van der Waals surface area (Å²) in [6.07, 6.45) is 1.60. The first-order valence-corrected chi connectivity index (χ1v) is 4.18. The van der Waals surface area contributed by atoms with Gasteiger partial charge in [-0.2, -0.15) is 0 Å². The van der Waals surface area contributed by atoms with Crippen molar-refractivity contribution in [3.63, 3.8) is 0 Å². The van der Waals surface area contributed by atoms with Crippen LogP contribution >= 0.6 is 0 Å². The summed E-state index contributed by atoms with van der Waals surface area (Å²) < 4.78 is 12.8. The van der Waals surface area contributed by atoms with Crippen molar-refractivity contribution < 1.29 is 9.18 Å². The Labute approximate surface area is 65.4 Å². The van der Waals surface area contributed by atoms with Gasteiger partial charge in [-0.1, -0.05) is 0 Å². The number of piperidine rings is 1. The summed E-state index contributed by atoms with van der Waals surface area (Å²) in [5.41, 5.74) is 0. The zero-order chi connectivity index (χ0) is 7.84. The summed E-state index contributed by atoms with van der Waals surface area (Å²) in [5, 5.41) is 0. The van der Waals surface area contributed by atoms with Crippen molar-refractivity contribution in [3.05, 3.63) is 0 Å². The number of alkyl halides is 1. The highest BCUT2D eigenvalue weighted by Crippen LogP contribution is 2.29. The van der Waals surface area contributed by atoms with E-state index in [0.717, 1.165) is 6.54 Å². The van der Waals surface area contributed by atoms with Gasteiger partial charge in [0, 0.05) is 25.6 Å². The minimum Gasteiger partial charge on any atom is -0.297 e. The first-order valence-electron chi connectivity index (χ1n) is 4.18. The molecule has 1 saturated heterocycles. The maximum absolute atomic E-state index is 12.8. The highest BCUT2D eigenvalue weighted by atomic mass is 19.1. The fourth-order valence-corrected chi connectivity index (χ4v) is 1.58. The van der Waals surface area contributed by atoms with Crippen LogP contribution in [0, 0.1) is 0 Å². The van der Waals surface area contributed by atoms with Crippen LogP contribution in [0.4, 0.5) is 4.39 Å². The van der Waals surface area contributed by atoms with Gasteiger partial charge in [-0.15, -0.1) is 0 Å². The molecule has 2 aliphatic rings. The molecular formula is C8H12FNO. The molecule has 0 aromatic rings. The monoisotopic (exact) mass is 157 g/mol. The van der Waals surface area contributed by atoms with E-state index in [2.05, 4.69) is 4.90 Å². The Kier molecular flexibility index (Phi) is 1.68. The molecule has 0 N–H and O–H groups in total. The molecule has 0 aromatic heterocycles. The van der Waals surface area contributed by atoms with Crippen LogP contribution in [0.25, 0.3) is 0 Å². The van der Waals surface area contributed by atoms with Gasteiger partial charge in [0.1, 0.15) is 0 Å². The van der Waals surface area contributed by atoms with Crippen molar-refractivity contribution in [3.8, 4) is 0 Å². The third-order valence-corrected chi connectivity index (χ3v) is 2.45. The molecule has 0 aromatic carbocycles. The molecule has 2 fully saturated rings. The minimum atomic E-state index is -1.20. The van der Waals surface area contributed by atoms with Crippen LogP contribution in [0.15, 0.2) is 0 Å². The Morgan fingerprint density at radius 3 is 2.73 bits per heavy atom. The van der Waals surface area contributed by atoms with Gasteiger partial charge in [-0.3, -0.25) is 9.69 Å². The molecule has 1 saturated carbocycles. The zero-order valence-electron chi connectivity index (χ0n) is 6.42. The summed E-state index contributed by atoms with van der Waals surface area (Å²) in [6, 6.07) is 0.598. The molecule has 3 heteroatoms. The van der Waals surface area contributed by atoms with Gasteiger partial charge < -0.3 is 0 Å². The topological polar surface area (TPSA) is 20.3 Å². The van der Waals surface area contributed by atoms with Gasteiger partial charge >= 0.3 is 0 Å². The molecule has 62 valence electrons. The molecule has 11 heavy (non-hydrogen) atoms. The van der Waals surface area contributed by atoms with Gasteiger partial charge in [0.25, 0.3) is 0 Å². The zero-order valence-corrected chi connectivity index (χ0v) is 6.42. The van der Waals surface area contributed by atoms with E-state index in [1.54, 1.807) is 0 Å². The van der Waals surface area contributed by atoms with Crippen LogP contribution in [0.2, 0.25) is 0 Å². The van der Waals surface area contributed by atoms with Crippen molar-refractivity contribution in [2.75, 3.05) is 13.1 Å². The average molecular weight is 157 g/mol. The molecule has 0 radical (unpaired) electrons. The van der Waals surface area contributed by atoms with E-state index in [-0.39, 0.29) is 5.78 Å². The molecule has 1 aliphatic carbocycles. The number of likely N-dealkylation sites (tertiary alicyclic amines) is 1. The second-order valence-electron chi connectivity index (χ2n) is 3.41. The average Bonchev–Trinajstić information content (AvgIpc) is 2.77. The first kappa shape index (κ1) is 7.22. The number of carbonyl (C=O) groups excluding carboxylic acids is 1. The SMILES string of the molecule is O=C1CCN(C2CC2)C[C@H]1F. The quantitative estimate of drug-likeness (QED) is 0.560. The molecule has 0 unspecified atom stereocenters. The van der Waals surface area contributed by atoms with Gasteiger partial charge in [-0.05, 0) is 12.8 Å². The Morgan fingerprint density at radius 2 is 2.18 bits per heavy atom. The van der Waals surface area contributed by atoms with Crippen molar-refractivity contribution in [1.82, 2.24) is 4.90 Å². The third-order valence-electron chi connectivity index (χ3n) is 2.45. The van der Waals surface area contributed by atoms with Crippen LogP contribution in [-0.2, 0) is 4.79 Å².